The van der Waals surface area contributed by atoms with Gasteiger partial charge in [-0.3, -0.25) is 14.5 Å². The maximum absolute atomic E-state index is 13.0. The van der Waals surface area contributed by atoms with Crippen molar-refractivity contribution >= 4 is 5.78 Å². The van der Waals surface area contributed by atoms with Crippen LogP contribution in [0, 0.1) is 5.82 Å². The van der Waals surface area contributed by atoms with Gasteiger partial charge in [0.2, 0.25) is 0 Å². The number of fused-ring (bicyclic) bond motifs is 1. The van der Waals surface area contributed by atoms with Gasteiger partial charge >= 0.3 is 0 Å². The summed E-state index contributed by atoms with van der Waals surface area (Å²) in [5, 5.41) is 0. The van der Waals surface area contributed by atoms with Crippen LogP contribution >= 0.6 is 0 Å². The quantitative estimate of drug-likeness (QED) is 0.523. The van der Waals surface area contributed by atoms with Gasteiger partial charge in [-0.25, -0.2) is 4.39 Å². The first-order valence-corrected chi connectivity index (χ1v) is 10.9. The smallest absolute Gasteiger partial charge is 0.254 e. The number of carbonyl (C=O) groups excluding carboxylic acids is 1. The van der Waals surface area contributed by atoms with Crippen LogP contribution in [-0.2, 0) is 26.1 Å². The number of aromatic nitrogens is 1. The molecule has 1 aliphatic rings. The van der Waals surface area contributed by atoms with Gasteiger partial charge in [0, 0.05) is 37.0 Å². The molecule has 0 spiro atoms. The fourth-order valence-electron chi connectivity index (χ4n) is 3.90. The van der Waals surface area contributed by atoms with Crippen molar-refractivity contribution in [1.29, 1.82) is 0 Å². The van der Waals surface area contributed by atoms with Gasteiger partial charge in [0.15, 0.2) is 5.78 Å². The molecule has 1 aromatic heterocycles. The monoisotopic (exact) mass is 434 g/mol. The predicted molar refractivity (Wildman–Crippen MR) is 121 cm³/mol. The number of ether oxygens (including phenoxy) is 1. The zero-order chi connectivity index (χ0) is 22.7. The molecule has 2 heterocycles. The summed E-state index contributed by atoms with van der Waals surface area (Å²) in [5.74, 6) is -0.000628. The maximum atomic E-state index is 13.0. The van der Waals surface area contributed by atoms with Crippen molar-refractivity contribution in [1.82, 2.24) is 9.47 Å². The third-order valence-electron chi connectivity index (χ3n) is 5.90. The normalized spacial score (nSPS) is 13.8. The Balaban J connectivity index is 1.42. The third-order valence-corrected chi connectivity index (χ3v) is 5.90. The highest BCUT2D eigenvalue weighted by Gasteiger charge is 2.20. The Morgan fingerprint density at radius 2 is 1.84 bits per heavy atom. The van der Waals surface area contributed by atoms with E-state index in [1.165, 1.54) is 33.9 Å². The fraction of sp³-hybridized carbons (Fsp3) is 0.308. The molecule has 0 radical (unpaired) electrons. The second kappa shape index (κ2) is 9.49. The number of Topliss-reactive ketones (excluding diaryl/α,β-unsaturated/α-hetero) is 1. The van der Waals surface area contributed by atoms with Crippen LogP contribution in [0.15, 0.2) is 65.6 Å². The SMILES string of the molecule is CC(C)N1CCc2ccc(C(=O)Cn3ccc(OCc4ccc(F)cc4)cc3=O)cc2C1. The molecule has 0 saturated heterocycles. The van der Waals surface area contributed by atoms with Crippen molar-refractivity contribution in [3.05, 3.63) is 99.2 Å². The molecule has 166 valence electrons. The van der Waals surface area contributed by atoms with Crippen LogP contribution in [0.2, 0.25) is 0 Å². The van der Waals surface area contributed by atoms with Crippen LogP contribution in [0.1, 0.15) is 40.9 Å². The van der Waals surface area contributed by atoms with Crippen LogP contribution in [0.4, 0.5) is 4.39 Å². The van der Waals surface area contributed by atoms with E-state index in [4.69, 9.17) is 4.74 Å². The first-order valence-electron chi connectivity index (χ1n) is 10.9. The summed E-state index contributed by atoms with van der Waals surface area (Å²) < 4.78 is 20.0. The molecule has 0 atom stereocenters. The van der Waals surface area contributed by atoms with Gasteiger partial charge in [-0.1, -0.05) is 24.3 Å². The van der Waals surface area contributed by atoms with E-state index >= 15 is 0 Å². The van der Waals surface area contributed by atoms with Crippen LogP contribution in [-0.4, -0.2) is 27.8 Å². The number of rotatable bonds is 7. The highest BCUT2D eigenvalue weighted by molar-refractivity contribution is 5.96. The predicted octanol–water partition coefficient (Wildman–Crippen LogP) is 4.22. The third kappa shape index (κ3) is 5.14. The average molecular weight is 435 g/mol. The highest BCUT2D eigenvalue weighted by Crippen LogP contribution is 2.22. The summed E-state index contributed by atoms with van der Waals surface area (Å²) in [6.45, 7) is 6.44. The summed E-state index contributed by atoms with van der Waals surface area (Å²) in [6, 6.07) is 15.3. The lowest BCUT2D eigenvalue weighted by molar-refractivity contribution is 0.0970. The van der Waals surface area contributed by atoms with E-state index in [1.807, 2.05) is 18.2 Å². The molecule has 0 N–H and O–H groups in total. The Kier molecular flexibility index (Phi) is 6.51. The molecule has 0 bridgehead atoms. The van der Waals surface area contributed by atoms with Gasteiger partial charge in [-0.2, -0.15) is 0 Å². The van der Waals surface area contributed by atoms with E-state index < -0.39 is 0 Å². The molecular weight excluding hydrogens is 407 g/mol. The number of halogens is 1. The molecule has 2 aromatic carbocycles. The molecule has 5 nitrogen and oxygen atoms in total. The number of benzene rings is 2. The number of pyridine rings is 1. The molecule has 1 aliphatic heterocycles. The molecule has 0 aliphatic carbocycles. The minimum atomic E-state index is -0.308. The lowest BCUT2D eigenvalue weighted by atomic mass is 9.95. The van der Waals surface area contributed by atoms with E-state index in [2.05, 4.69) is 18.7 Å². The second-order valence-corrected chi connectivity index (χ2v) is 8.46. The Bertz CT molecular complexity index is 1170. The maximum Gasteiger partial charge on any atom is 0.254 e. The lowest BCUT2D eigenvalue weighted by Gasteiger charge is -2.32. The zero-order valence-electron chi connectivity index (χ0n) is 18.4. The van der Waals surface area contributed by atoms with Crippen LogP contribution in [0.25, 0.3) is 0 Å². The van der Waals surface area contributed by atoms with E-state index in [1.54, 1.807) is 24.4 Å². The number of ketones is 1. The number of hydrogen-bond acceptors (Lipinski definition) is 4. The van der Waals surface area contributed by atoms with Crippen molar-refractivity contribution in [3.63, 3.8) is 0 Å². The van der Waals surface area contributed by atoms with Crippen molar-refractivity contribution in [3.8, 4) is 5.75 Å². The standard InChI is InChI=1S/C26H27FN2O3/c1-18(2)28-11-9-20-5-6-21(13-22(20)15-28)25(30)16-29-12-10-24(14-26(29)31)32-17-19-3-7-23(27)8-4-19/h3-8,10,12-14,18H,9,11,15-17H2,1-2H3. The Hall–Kier alpha value is -3.25. The number of carbonyl (C=O) groups is 1. The molecular formula is C26H27FN2O3. The Morgan fingerprint density at radius 1 is 1.06 bits per heavy atom. The molecule has 3 aromatic rings. The summed E-state index contributed by atoms with van der Waals surface area (Å²) in [5.41, 5.74) is 3.59. The minimum Gasteiger partial charge on any atom is -0.489 e. The van der Waals surface area contributed by atoms with Gasteiger partial charge in [0.05, 0.1) is 6.54 Å². The topological polar surface area (TPSA) is 51.5 Å². The largest absolute Gasteiger partial charge is 0.489 e. The van der Waals surface area contributed by atoms with Crippen LogP contribution < -0.4 is 10.3 Å². The number of hydrogen-bond donors (Lipinski definition) is 0. The second-order valence-electron chi connectivity index (χ2n) is 8.46. The van der Waals surface area contributed by atoms with E-state index in [0.717, 1.165) is 25.1 Å². The summed E-state index contributed by atoms with van der Waals surface area (Å²) >= 11 is 0. The number of nitrogens with zero attached hydrogens (tertiary/aromatic N) is 2. The lowest BCUT2D eigenvalue weighted by Crippen LogP contribution is -2.36. The minimum absolute atomic E-state index is 0.0241. The molecule has 0 saturated carbocycles. The van der Waals surface area contributed by atoms with Gasteiger partial charge in [-0.05, 0) is 61.2 Å². The van der Waals surface area contributed by atoms with Gasteiger partial charge in [0.25, 0.3) is 5.56 Å². The first kappa shape index (κ1) is 22.0. The summed E-state index contributed by atoms with van der Waals surface area (Å²) in [4.78, 5) is 27.7. The molecule has 6 heteroatoms. The van der Waals surface area contributed by atoms with Crippen molar-refractivity contribution in [2.45, 2.75) is 46.0 Å². The van der Waals surface area contributed by atoms with Crippen LogP contribution in [0.3, 0.4) is 0 Å². The van der Waals surface area contributed by atoms with Crippen molar-refractivity contribution in [2.75, 3.05) is 6.54 Å². The summed E-state index contributed by atoms with van der Waals surface area (Å²) in [6.07, 6.45) is 2.56. The van der Waals surface area contributed by atoms with Gasteiger partial charge in [0.1, 0.15) is 18.2 Å². The summed E-state index contributed by atoms with van der Waals surface area (Å²) in [7, 11) is 0. The molecule has 0 amide bonds. The Labute approximate surface area is 187 Å². The van der Waals surface area contributed by atoms with E-state index in [-0.39, 0.29) is 30.3 Å². The molecule has 32 heavy (non-hydrogen) atoms. The van der Waals surface area contributed by atoms with Crippen molar-refractivity contribution < 1.29 is 13.9 Å². The molecule has 0 unspecified atom stereocenters. The molecule has 4 rings (SSSR count). The van der Waals surface area contributed by atoms with Gasteiger partial charge in [-0.15, -0.1) is 0 Å². The highest BCUT2D eigenvalue weighted by atomic mass is 19.1. The molecule has 0 fully saturated rings. The fourth-order valence-corrected chi connectivity index (χ4v) is 3.90. The first-order chi connectivity index (χ1) is 15.4. The van der Waals surface area contributed by atoms with E-state index in [0.29, 0.717) is 17.4 Å². The zero-order valence-corrected chi connectivity index (χ0v) is 18.4. The Morgan fingerprint density at radius 3 is 2.56 bits per heavy atom. The van der Waals surface area contributed by atoms with E-state index in [9.17, 15) is 14.0 Å². The van der Waals surface area contributed by atoms with Crippen molar-refractivity contribution in [2.24, 2.45) is 0 Å². The van der Waals surface area contributed by atoms with Crippen LogP contribution in [0.5, 0.6) is 5.75 Å². The van der Waals surface area contributed by atoms with Gasteiger partial charge < -0.3 is 9.30 Å². The average Bonchev–Trinajstić information content (AvgIpc) is 2.79.